The molecule has 2 heterocycles. The molecule has 0 unspecified atom stereocenters. The molecular weight excluding hydrogens is 290 g/mol. The van der Waals surface area contributed by atoms with Gasteiger partial charge in [0, 0.05) is 25.7 Å². The fraction of sp³-hybridized carbons (Fsp3) is 0.722. The van der Waals surface area contributed by atoms with Gasteiger partial charge in [-0.2, -0.15) is 5.10 Å². The minimum atomic E-state index is -0.126. The number of aromatic nitrogens is 2. The number of likely N-dealkylation sites (tertiary alicyclic amines) is 1. The Kier molecular flexibility index (Phi) is 4.83. The standard InChI is InChI=1S/C18H27N3O2/c1-2-3-12-21-16(22)7-6-15(19-21)17(23)20-13-10-18(11-14-20)8-4-5-9-18/h6-7H,2-5,8-14H2,1H3. The van der Waals surface area contributed by atoms with Gasteiger partial charge in [-0.3, -0.25) is 9.59 Å². The van der Waals surface area contributed by atoms with E-state index in [2.05, 4.69) is 12.0 Å². The van der Waals surface area contributed by atoms with Crippen molar-refractivity contribution in [2.45, 2.75) is 64.8 Å². The fourth-order valence-electron chi connectivity index (χ4n) is 4.00. The molecule has 3 rings (SSSR count). The highest BCUT2D eigenvalue weighted by atomic mass is 16.2. The Labute approximate surface area is 137 Å². The quantitative estimate of drug-likeness (QED) is 0.858. The first-order valence-corrected chi connectivity index (χ1v) is 9.01. The molecule has 1 aliphatic carbocycles. The minimum absolute atomic E-state index is 0.0249. The van der Waals surface area contributed by atoms with Gasteiger partial charge in [0.25, 0.3) is 11.5 Å². The van der Waals surface area contributed by atoms with Crippen LogP contribution in [0.3, 0.4) is 0 Å². The van der Waals surface area contributed by atoms with Crippen LogP contribution in [0.1, 0.15) is 68.8 Å². The van der Waals surface area contributed by atoms with Crippen molar-refractivity contribution in [2.24, 2.45) is 5.41 Å². The van der Waals surface area contributed by atoms with Gasteiger partial charge in [0.2, 0.25) is 0 Å². The van der Waals surface area contributed by atoms with Gasteiger partial charge in [0.1, 0.15) is 5.69 Å². The van der Waals surface area contributed by atoms with Crippen LogP contribution in [-0.4, -0.2) is 33.7 Å². The molecule has 1 amide bonds. The number of piperidine rings is 1. The molecule has 0 radical (unpaired) electrons. The number of nitrogens with zero attached hydrogens (tertiary/aromatic N) is 3. The van der Waals surface area contributed by atoms with Crippen LogP contribution in [0.2, 0.25) is 0 Å². The number of aryl methyl sites for hydroxylation is 1. The fourth-order valence-corrected chi connectivity index (χ4v) is 4.00. The van der Waals surface area contributed by atoms with Crippen LogP contribution < -0.4 is 5.56 Å². The summed E-state index contributed by atoms with van der Waals surface area (Å²) in [5.74, 6) is -0.0249. The molecule has 0 N–H and O–H groups in total. The number of rotatable bonds is 4. The van der Waals surface area contributed by atoms with E-state index < -0.39 is 0 Å². The van der Waals surface area contributed by atoms with E-state index in [-0.39, 0.29) is 11.5 Å². The first-order chi connectivity index (χ1) is 11.1. The van der Waals surface area contributed by atoms with Crippen LogP contribution in [0, 0.1) is 5.41 Å². The molecule has 1 saturated carbocycles. The number of amides is 1. The molecule has 5 nitrogen and oxygen atoms in total. The third-order valence-electron chi connectivity index (χ3n) is 5.58. The molecule has 23 heavy (non-hydrogen) atoms. The molecular formula is C18H27N3O2. The predicted octanol–water partition coefficient (Wildman–Crippen LogP) is 2.84. The Balaban J connectivity index is 1.67. The van der Waals surface area contributed by atoms with Crippen molar-refractivity contribution in [3.05, 3.63) is 28.2 Å². The maximum atomic E-state index is 12.7. The van der Waals surface area contributed by atoms with Crippen LogP contribution >= 0.6 is 0 Å². The van der Waals surface area contributed by atoms with Crippen LogP contribution in [-0.2, 0) is 6.54 Å². The summed E-state index contributed by atoms with van der Waals surface area (Å²) in [6.45, 7) is 4.31. The molecule has 2 fully saturated rings. The van der Waals surface area contributed by atoms with E-state index in [1.165, 1.54) is 36.4 Å². The molecule has 2 aliphatic rings. The SMILES string of the molecule is CCCCn1nc(C(=O)N2CCC3(CCCC3)CC2)ccc1=O. The van der Waals surface area contributed by atoms with Gasteiger partial charge in [-0.25, -0.2) is 4.68 Å². The molecule has 0 aromatic carbocycles. The molecule has 1 spiro atoms. The number of hydrogen-bond acceptors (Lipinski definition) is 3. The number of carbonyl (C=O) groups is 1. The Morgan fingerprint density at radius 3 is 2.52 bits per heavy atom. The van der Waals surface area contributed by atoms with E-state index in [1.54, 1.807) is 6.07 Å². The summed E-state index contributed by atoms with van der Waals surface area (Å²) in [7, 11) is 0. The summed E-state index contributed by atoms with van der Waals surface area (Å²) < 4.78 is 1.43. The van der Waals surface area contributed by atoms with E-state index in [0.29, 0.717) is 17.7 Å². The smallest absolute Gasteiger partial charge is 0.274 e. The van der Waals surface area contributed by atoms with E-state index >= 15 is 0 Å². The van der Waals surface area contributed by atoms with Crippen molar-refractivity contribution >= 4 is 5.91 Å². The first-order valence-electron chi connectivity index (χ1n) is 9.01. The molecule has 1 saturated heterocycles. The van der Waals surface area contributed by atoms with Gasteiger partial charge in [0.05, 0.1) is 0 Å². The summed E-state index contributed by atoms with van der Waals surface area (Å²) in [5, 5.41) is 4.29. The third kappa shape index (κ3) is 3.48. The lowest BCUT2D eigenvalue weighted by Gasteiger charge is -2.39. The van der Waals surface area contributed by atoms with Crippen LogP contribution in [0.4, 0.5) is 0 Å². The monoisotopic (exact) mass is 317 g/mol. The average Bonchev–Trinajstić information content (AvgIpc) is 3.02. The summed E-state index contributed by atoms with van der Waals surface area (Å²) in [6.07, 6.45) is 9.49. The van der Waals surface area contributed by atoms with Gasteiger partial charge < -0.3 is 4.90 Å². The lowest BCUT2D eigenvalue weighted by atomic mass is 9.77. The van der Waals surface area contributed by atoms with Crippen molar-refractivity contribution in [1.82, 2.24) is 14.7 Å². The average molecular weight is 317 g/mol. The highest BCUT2D eigenvalue weighted by Gasteiger charge is 2.38. The largest absolute Gasteiger partial charge is 0.337 e. The van der Waals surface area contributed by atoms with Gasteiger partial charge in [-0.15, -0.1) is 0 Å². The highest BCUT2D eigenvalue weighted by molar-refractivity contribution is 5.92. The lowest BCUT2D eigenvalue weighted by molar-refractivity contribution is 0.0579. The number of carbonyl (C=O) groups excluding carboxylic acids is 1. The van der Waals surface area contributed by atoms with Crippen molar-refractivity contribution in [1.29, 1.82) is 0 Å². The Bertz CT molecular complexity index is 607. The van der Waals surface area contributed by atoms with Crippen LogP contribution in [0.25, 0.3) is 0 Å². The molecule has 1 aromatic rings. The summed E-state index contributed by atoms with van der Waals surface area (Å²) in [4.78, 5) is 26.4. The minimum Gasteiger partial charge on any atom is -0.337 e. The van der Waals surface area contributed by atoms with E-state index in [4.69, 9.17) is 0 Å². The molecule has 5 heteroatoms. The number of unbranched alkanes of at least 4 members (excludes halogenated alkanes) is 1. The topological polar surface area (TPSA) is 55.2 Å². The summed E-state index contributed by atoms with van der Waals surface area (Å²) in [5.41, 5.74) is 0.783. The summed E-state index contributed by atoms with van der Waals surface area (Å²) in [6, 6.07) is 3.05. The van der Waals surface area contributed by atoms with Gasteiger partial charge >= 0.3 is 0 Å². The second-order valence-corrected chi connectivity index (χ2v) is 7.13. The van der Waals surface area contributed by atoms with Crippen molar-refractivity contribution in [3.63, 3.8) is 0 Å². The summed E-state index contributed by atoms with van der Waals surface area (Å²) >= 11 is 0. The van der Waals surface area contributed by atoms with E-state index in [1.807, 2.05) is 4.90 Å². The Morgan fingerprint density at radius 1 is 1.17 bits per heavy atom. The maximum Gasteiger partial charge on any atom is 0.274 e. The highest BCUT2D eigenvalue weighted by Crippen LogP contribution is 2.46. The first kappa shape index (κ1) is 16.2. The van der Waals surface area contributed by atoms with Gasteiger partial charge in [-0.1, -0.05) is 26.2 Å². The zero-order valence-electron chi connectivity index (χ0n) is 14.1. The van der Waals surface area contributed by atoms with E-state index in [0.717, 1.165) is 38.8 Å². The molecule has 1 aliphatic heterocycles. The molecule has 1 aromatic heterocycles. The second kappa shape index (κ2) is 6.85. The zero-order chi connectivity index (χ0) is 16.3. The van der Waals surface area contributed by atoms with Crippen molar-refractivity contribution in [3.8, 4) is 0 Å². The van der Waals surface area contributed by atoms with Crippen LogP contribution in [0.15, 0.2) is 16.9 Å². The van der Waals surface area contributed by atoms with Crippen molar-refractivity contribution in [2.75, 3.05) is 13.1 Å². The predicted molar refractivity (Wildman–Crippen MR) is 89.4 cm³/mol. The van der Waals surface area contributed by atoms with Gasteiger partial charge in [0.15, 0.2) is 0 Å². The zero-order valence-corrected chi connectivity index (χ0v) is 14.1. The Hall–Kier alpha value is -1.65. The van der Waals surface area contributed by atoms with Gasteiger partial charge in [-0.05, 0) is 43.6 Å². The normalized spacial score (nSPS) is 20.1. The lowest BCUT2D eigenvalue weighted by Crippen LogP contribution is -2.43. The molecule has 0 atom stereocenters. The second-order valence-electron chi connectivity index (χ2n) is 7.13. The number of hydrogen-bond donors (Lipinski definition) is 0. The molecule has 126 valence electrons. The third-order valence-corrected chi connectivity index (χ3v) is 5.58. The van der Waals surface area contributed by atoms with E-state index in [9.17, 15) is 9.59 Å². The maximum absolute atomic E-state index is 12.7. The van der Waals surface area contributed by atoms with Crippen molar-refractivity contribution < 1.29 is 4.79 Å². The Morgan fingerprint density at radius 2 is 1.87 bits per heavy atom. The van der Waals surface area contributed by atoms with Crippen LogP contribution in [0.5, 0.6) is 0 Å². The molecule has 0 bridgehead atoms.